The first kappa shape index (κ1) is 19.9. The van der Waals surface area contributed by atoms with Gasteiger partial charge in [-0.3, -0.25) is 9.36 Å². The van der Waals surface area contributed by atoms with Crippen molar-refractivity contribution in [3.8, 4) is 22.4 Å². The molecule has 1 unspecified atom stereocenters. The zero-order valence-electron chi connectivity index (χ0n) is 17.2. The Kier molecular flexibility index (Phi) is 5.39. The second-order valence-electron chi connectivity index (χ2n) is 8.04. The van der Waals surface area contributed by atoms with Crippen molar-refractivity contribution in [2.75, 3.05) is 0 Å². The van der Waals surface area contributed by atoms with Crippen molar-refractivity contribution in [1.29, 1.82) is 0 Å². The van der Waals surface area contributed by atoms with Gasteiger partial charge in [0.1, 0.15) is 0 Å². The van der Waals surface area contributed by atoms with E-state index in [4.69, 9.17) is 0 Å². The number of rotatable bonds is 5. The SMILES string of the molecule is CC(C)(O)C(c1ccccc1)n1c(-c2ccccc2)cc(-c2ccccc2)cc1=O. The summed E-state index contributed by atoms with van der Waals surface area (Å²) in [6, 6.07) is 32.6. The number of nitrogens with zero attached hydrogens (tertiary/aromatic N) is 1. The Morgan fingerprint density at radius 1 is 0.700 bits per heavy atom. The van der Waals surface area contributed by atoms with E-state index in [9.17, 15) is 9.90 Å². The first-order chi connectivity index (χ1) is 14.4. The van der Waals surface area contributed by atoms with Gasteiger partial charge in [-0.05, 0) is 42.2 Å². The highest BCUT2D eigenvalue weighted by atomic mass is 16.3. The second kappa shape index (κ2) is 8.13. The van der Waals surface area contributed by atoms with Gasteiger partial charge in [-0.2, -0.15) is 0 Å². The van der Waals surface area contributed by atoms with Crippen LogP contribution in [-0.2, 0) is 0 Å². The largest absolute Gasteiger partial charge is 0.388 e. The van der Waals surface area contributed by atoms with E-state index in [1.54, 1.807) is 24.5 Å². The summed E-state index contributed by atoms with van der Waals surface area (Å²) in [6.45, 7) is 3.49. The van der Waals surface area contributed by atoms with Gasteiger partial charge in [0.15, 0.2) is 0 Å². The monoisotopic (exact) mass is 395 g/mol. The maximum atomic E-state index is 13.5. The average Bonchev–Trinajstić information content (AvgIpc) is 2.76. The molecule has 0 saturated carbocycles. The zero-order valence-corrected chi connectivity index (χ0v) is 17.2. The predicted molar refractivity (Wildman–Crippen MR) is 122 cm³/mol. The third-order valence-corrected chi connectivity index (χ3v) is 5.29. The summed E-state index contributed by atoms with van der Waals surface area (Å²) >= 11 is 0. The highest BCUT2D eigenvalue weighted by Crippen LogP contribution is 2.34. The van der Waals surface area contributed by atoms with Gasteiger partial charge in [0.25, 0.3) is 5.56 Å². The van der Waals surface area contributed by atoms with E-state index in [1.165, 1.54) is 0 Å². The van der Waals surface area contributed by atoms with Crippen LogP contribution in [0.2, 0.25) is 0 Å². The van der Waals surface area contributed by atoms with Crippen LogP contribution in [0.25, 0.3) is 22.4 Å². The smallest absolute Gasteiger partial charge is 0.252 e. The van der Waals surface area contributed by atoms with Crippen LogP contribution in [0.1, 0.15) is 25.5 Å². The lowest BCUT2D eigenvalue weighted by molar-refractivity contribution is 0.0384. The van der Waals surface area contributed by atoms with Crippen molar-refractivity contribution in [1.82, 2.24) is 4.57 Å². The number of benzene rings is 3. The van der Waals surface area contributed by atoms with E-state index in [2.05, 4.69) is 0 Å². The Labute approximate surface area is 176 Å². The minimum Gasteiger partial charge on any atom is -0.388 e. The standard InChI is InChI=1S/C27H25NO2/c1-27(2,30)26(22-16-10-5-11-17-22)28-24(21-14-8-4-9-15-21)18-23(19-25(28)29)20-12-6-3-7-13-20/h3-19,26,30H,1-2H3. The van der Waals surface area contributed by atoms with Gasteiger partial charge in [-0.15, -0.1) is 0 Å². The Morgan fingerprint density at radius 2 is 1.20 bits per heavy atom. The molecule has 30 heavy (non-hydrogen) atoms. The van der Waals surface area contributed by atoms with E-state index < -0.39 is 11.6 Å². The predicted octanol–water partition coefficient (Wildman–Crippen LogP) is 5.54. The highest BCUT2D eigenvalue weighted by molar-refractivity contribution is 5.71. The van der Waals surface area contributed by atoms with Crippen molar-refractivity contribution in [3.05, 3.63) is 119 Å². The second-order valence-corrected chi connectivity index (χ2v) is 8.04. The summed E-state index contributed by atoms with van der Waals surface area (Å²) in [4.78, 5) is 13.5. The molecule has 150 valence electrons. The molecule has 1 aromatic heterocycles. The third kappa shape index (κ3) is 3.98. The van der Waals surface area contributed by atoms with Crippen LogP contribution in [0, 0.1) is 0 Å². The minimum atomic E-state index is -1.15. The molecular formula is C27H25NO2. The number of pyridine rings is 1. The summed E-state index contributed by atoms with van der Waals surface area (Å²) in [5, 5.41) is 11.1. The van der Waals surface area contributed by atoms with Crippen LogP contribution in [0.5, 0.6) is 0 Å². The van der Waals surface area contributed by atoms with Crippen molar-refractivity contribution in [2.45, 2.75) is 25.5 Å². The van der Waals surface area contributed by atoms with Crippen molar-refractivity contribution in [2.24, 2.45) is 0 Å². The molecular weight excluding hydrogens is 370 g/mol. The fraction of sp³-hybridized carbons (Fsp3) is 0.148. The van der Waals surface area contributed by atoms with Crippen molar-refractivity contribution >= 4 is 0 Å². The number of aliphatic hydroxyl groups is 1. The molecule has 1 N–H and O–H groups in total. The molecule has 0 bridgehead atoms. The zero-order chi connectivity index (χ0) is 21.1. The quantitative estimate of drug-likeness (QED) is 0.482. The topological polar surface area (TPSA) is 42.2 Å². The third-order valence-electron chi connectivity index (χ3n) is 5.29. The molecule has 4 rings (SSSR count). The highest BCUT2D eigenvalue weighted by Gasteiger charge is 2.32. The van der Waals surface area contributed by atoms with E-state index >= 15 is 0 Å². The maximum Gasteiger partial charge on any atom is 0.252 e. The summed E-state index contributed by atoms with van der Waals surface area (Å²) < 4.78 is 1.72. The van der Waals surface area contributed by atoms with Crippen molar-refractivity contribution < 1.29 is 5.11 Å². The van der Waals surface area contributed by atoms with Crippen LogP contribution in [0.4, 0.5) is 0 Å². The van der Waals surface area contributed by atoms with Crippen molar-refractivity contribution in [3.63, 3.8) is 0 Å². The molecule has 1 heterocycles. The van der Waals surface area contributed by atoms with Crippen LogP contribution in [0.15, 0.2) is 108 Å². The molecule has 0 aliphatic heterocycles. The van der Waals surface area contributed by atoms with Crippen LogP contribution in [-0.4, -0.2) is 15.3 Å². The van der Waals surface area contributed by atoms with Gasteiger partial charge in [0, 0.05) is 6.07 Å². The molecule has 4 aromatic rings. The summed E-state index contributed by atoms with van der Waals surface area (Å²) in [7, 11) is 0. The van der Waals surface area contributed by atoms with E-state index in [0.717, 1.165) is 27.9 Å². The lowest BCUT2D eigenvalue weighted by Gasteiger charge is -2.33. The summed E-state index contributed by atoms with van der Waals surface area (Å²) in [5.41, 5.74) is 3.14. The van der Waals surface area contributed by atoms with Gasteiger partial charge < -0.3 is 5.11 Å². The van der Waals surface area contributed by atoms with Gasteiger partial charge in [0.2, 0.25) is 0 Å². The first-order valence-corrected chi connectivity index (χ1v) is 10.1. The van der Waals surface area contributed by atoms with E-state index in [1.807, 2.05) is 97.1 Å². The summed E-state index contributed by atoms with van der Waals surface area (Å²) in [5.74, 6) is 0. The molecule has 0 amide bonds. The lowest BCUT2D eigenvalue weighted by Crippen LogP contribution is -2.40. The first-order valence-electron chi connectivity index (χ1n) is 10.1. The molecule has 0 aliphatic rings. The average molecular weight is 396 g/mol. The van der Waals surface area contributed by atoms with Crippen LogP contribution in [0.3, 0.4) is 0 Å². The number of hydrogen-bond acceptors (Lipinski definition) is 2. The fourth-order valence-electron chi connectivity index (χ4n) is 3.98. The molecule has 1 atom stereocenters. The maximum absolute atomic E-state index is 13.5. The van der Waals surface area contributed by atoms with E-state index in [0.29, 0.717) is 0 Å². The van der Waals surface area contributed by atoms with E-state index in [-0.39, 0.29) is 5.56 Å². The molecule has 0 radical (unpaired) electrons. The molecule has 3 nitrogen and oxygen atoms in total. The Hall–Kier alpha value is -3.43. The van der Waals surface area contributed by atoms with Gasteiger partial charge in [-0.25, -0.2) is 0 Å². The summed E-state index contributed by atoms with van der Waals surface area (Å²) in [6.07, 6.45) is 0. The lowest BCUT2D eigenvalue weighted by atomic mass is 9.90. The molecule has 0 spiro atoms. The Morgan fingerprint density at radius 3 is 1.73 bits per heavy atom. The molecule has 0 fully saturated rings. The molecule has 0 aliphatic carbocycles. The molecule has 3 heteroatoms. The van der Waals surface area contributed by atoms with Gasteiger partial charge in [0.05, 0.1) is 17.3 Å². The van der Waals surface area contributed by atoms with Gasteiger partial charge in [-0.1, -0.05) is 91.0 Å². The molecule has 0 saturated heterocycles. The fourth-order valence-corrected chi connectivity index (χ4v) is 3.98. The Bertz CT molecular complexity index is 1170. The Balaban J connectivity index is 2.02. The molecule has 3 aromatic carbocycles. The number of aromatic nitrogens is 1. The normalized spacial score (nSPS) is 12.5. The van der Waals surface area contributed by atoms with Gasteiger partial charge >= 0.3 is 0 Å². The van der Waals surface area contributed by atoms with Crippen LogP contribution >= 0.6 is 0 Å². The minimum absolute atomic E-state index is 0.147. The number of hydrogen-bond donors (Lipinski definition) is 1. The van der Waals surface area contributed by atoms with Crippen LogP contribution < -0.4 is 5.56 Å².